The minimum absolute atomic E-state index is 0.138. The minimum atomic E-state index is 0.138. The SMILES string of the molecule is CC(N)CN(c1cccnn1)C(C)C. The predicted molar refractivity (Wildman–Crippen MR) is 58.2 cm³/mol. The molecule has 0 spiro atoms. The Morgan fingerprint density at radius 3 is 2.57 bits per heavy atom. The maximum Gasteiger partial charge on any atom is 0.151 e. The van der Waals surface area contributed by atoms with Gasteiger partial charge in [-0.2, -0.15) is 5.10 Å². The summed E-state index contributed by atoms with van der Waals surface area (Å²) in [6, 6.07) is 4.37. The molecular formula is C10H18N4. The average molecular weight is 194 g/mol. The van der Waals surface area contributed by atoms with Gasteiger partial charge in [0.1, 0.15) is 0 Å². The van der Waals surface area contributed by atoms with Crippen molar-refractivity contribution >= 4 is 5.82 Å². The first kappa shape index (κ1) is 10.9. The van der Waals surface area contributed by atoms with E-state index in [1.54, 1.807) is 6.20 Å². The summed E-state index contributed by atoms with van der Waals surface area (Å²) in [5.74, 6) is 0.889. The molecule has 0 fully saturated rings. The largest absolute Gasteiger partial charge is 0.351 e. The Morgan fingerprint density at radius 2 is 2.14 bits per heavy atom. The van der Waals surface area contributed by atoms with Crippen LogP contribution >= 0.6 is 0 Å². The van der Waals surface area contributed by atoms with E-state index in [1.165, 1.54) is 0 Å². The van der Waals surface area contributed by atoms with Gasteiger partial charge >= 0.3 is 0 Å². The molecule has 1 unspecified atom stereocenters. The highest BCUT2D eigenvalue weighted by Gasteiger charge is 2.13. The molecule has 1 aromatic rings. The van der Waals surface area contributed by atoms with Gasteiger partial charge < -0.3 is 10.6 Å². The van der Waals surface area contributed by atoms with E-state index in [2.05, 4.69) is 28.9 Å². The third-order valence-corrected chi connectivity index (χ3v) is 1.96. The lowest BCUT2D eigenvalue weighted by atomic mass is 10.2. The molecular weight excluding hydrogens is 176 g/mol. The minimum Gasteiger partial charge on any atom is -0.351 e. The first-order valence-electron chi connectivity index (χ1n) is 4.91. The van der Waals surface area contributed by atoms with Gasteiger partial charge in [0.15, 0.2) is 5.82 Å². The van der Waals surface area contributed by atoms with Crippen molar-refractivity contribution < 1.29 is 0 Å². The maximum atomic E-state index is 5.78. The molecule has 4 heteroatoms. The van der Waals surface area contributed by atoms with Crippen molar-refractivity contribution in [2.45, 2.75) is 32.9 Å². The summed E-state index contributed by atoms with van der Waals surface area (Å²) in [7, 11) is 0. The molecule has 78 valence electrons. The van der Waals surface area contributed by atoms with Gasteiger partial charge in [0, 0.05) is 24.8 Å². The molecule has 1 aromatic heterocycles. The molecule has 4 nitrogen and oxygen atoms in total. The van der Waals surface area contributed by atoms with Gasteiger partial charge in [0.2, 0.25) is 0 Å². The molecule has 0 aliphatic rings. The van der Waals surface area contributed by atoms with E-state index in [-0.39, 0.29) is 6.04 Å². The quantitative estimate of drug-likeness (QED) is 0.778. The number of nitrogens with two attached hydrogens (primary N) is 1. The van der Waals surface area contributed by atoms with E-state index in [4.69, 9.17) is 5.73 Å². The Hall–Kier alpha value is -1.16. The first-order valence-corrected chi connectivity index (χ1v) is 4.91. The lowest BCUT2D eigenvalue weighted by Gasteiger charge is -2.28. The van der Waals surface area contributed by atoms with Crippen molar-refractivity contribution in [1.82, 2.24) is 10.2 Å². The van der Waals surface area contributed by atoms with Crippen molar-refractivity contribution in [1.29, 1.82) is 0 Å². The second kappa shape index (κ2) is 4.91. The van der Waals surface area contributed by atoms with Gasteiger partial charge in [0.25, 0.3) is 0 Å². The van der Waals surface area contributed by atoms with Crippen molar-refractivity contribution in [2.24, 2.45) is 5.73 Å². The lowest BCUT2D eigenvalue weighted by Crippen LogP contribution is -2.40. The molecule has 0 radical (unpaired) electrons. The van der Waals surface area contributed by atoms with Crippen molar-refractivity contribution in [2.75, 3.05) is 11.4 Å². The molecule has 0 saturated heterocycles. The average Bonchev–Trinajstić information content (AvgIpc) is 2.15. The highest BCUT2D eigenvalue weighted by Crippen LogP contribution is 2.11. The zero-order valence-corrected chi connectivity index (χ0v) is 9.01. The molecule has 14 heavy (non-hydrogen) atoms. The van der Waals surface area contributed by atoms with Crippen LogP contribution in [0.15, 0.2) is 18.3 Å². The van der Waals surface area contributed by atoms with Crippen LogP contribution in [0.4, 0.5) is 5.82 Å². The number of hydrogen-bond acceptors (Lipinski definition) is 4. The monoisotopic (exact) mass is 194 g/mol. The van der Waals surface area contributed by atoms with Crippen LogP contribution in [0.1, 0.15) is 20.8 Å². The van der Waals surface area contributed by atoms with E-state index in [9.17, 15) is 0 Å². The Balaban J connectivity index is 2.78. The van der Waals surface area contributed by atoms with Gasteiger partial charge in [-0.3, -0.25) is 0 Å². The number of anilines is 1. The van der Waals surface area contributed by atoms with Gasteiger partial charge in [0.05, 0.1) is 0 Å². The second-order valence-corrected chi connectivity index (χ2v) is 3.81. The van der Waals surface area contributed by atoms with Gasteiger partial charge in [-0.05, 0) is 32.9 Å². The van der Waals surface area contributed by atoms with Crippen LogP contribution in [-0.4, -0.2) is 28.8 Å². The number of aromatic nitrogens is 2. The molecule has 1 atom stereocenters. The molecule has 2 N–H and O–H groups in total. The van der Waals surface area contributed by atoms with Gasteiger partial charge in [-0.25, -0.2) is 0 Å². The maximum absolute atomic E-state index is 5.78. The van der Waals surface area contributed by atoms with Crippen LogP contribution in [0.25, 0.3) is 0 Å². The molecule has 1 heterocycles. The smallest absolute Gasteiger partial charge is 0.151 e. The first-order chi connectivity index (χ1) is 6.61. The van der Waals surface area contributed by atoms with Crippen molar-refractivity contribution in [3.05, 3.63) is 18.3 Å². The molecule has 0 saturated carbocycles. The van der Waals surface area contributed by atoms with Gasteiger partial charge in [-0.15, -0.1) is 5.10 Å². The Bertz CT molecular complexity index is 258. The van der Waals surface area contributed by atoms with E-state index < -0.39 is 0 Å². The number of hydrogen-bond donors (Lipinski definition) is 1. The van der Waals surface area contributed by atoms with Crippen molar-refractivity contribution in [3.63, 3.8) is 0 Å². The van der Waals surface area contributed by atoms with Crippen LogP contribution in [0, 0.1) is 0 Å². The van der Waals surface area contributed by atoms with Crippen LogP contribution < -0.4 is 10.6 Å². The second-order valence-electron chi connectivity index (χ2n) is 3.81. The fourth-order valence-corrected chi connectivity index (χ4v) is 1.33. The molecule has 0 aliphatic heterocycles. The zero-order valence-electron chi connectivity index (χ0n) is 9.01. The molecule has 0 aromatic carbocycles. The van der Waals surface area contributed by atoms with Gasteiger partial charge in [-0.1, -0.05) is 0 Å². The fourth-order valence-electron chi connectivity index (χ4n) is 1.33. The summed E-state index contributed by atoms with van der Waals surface area (Å²) in [6.07, 6.45) is 1.67. The van der Waals surface area contributed by atoms with Crippen LogP contribution in [0.2, 0.25) is 0 Å². The van der Waals surface area contributed by atoms with Crippen LogP contribution in [0.3, 0.4) is 0 Å². The fraction of sp³-hybridized carbons (Fsp3) is 0.600. The molecule has 0 aliphatic carbocycles. The Morgan fingerprint density at radius 1 is 1.43 bits per heavy atom. The standard InChI is InChI=1S/C10H18N4/c1-8(2)14(7-9(3)11)10-5-4-6-12-13-10/h4-6,8-9H,7,11H2,1-3H3. The van der Waals surface area contributed by atoms with E-state index in [0.29, 0.717) is 6.04 Å². The lowest BCUT2D eigenvalue weighted by molar-refractivity contribution is 0.610. The predicted octanol–water partition coefficient (Wildman–Crippen LogP) is 1.04. The summed E-state index contributed by atoms with van der Waals surface area (Å²) in [6.45, 7) is 7.04. The third-order valence-electron chi connectivity index (χ3n) is 1.96. The normalized spacial score (nSPS) is 12.9. The summed E-state index contributed by atoms with van der Waals surface area (Å²) in [4.78, 5) is 2.15. The number of nitrogens with zero attached hydrogens (tertiary/aromatic N) is 3. The third kappa shape index (κ3) is 2.96. The topological polar surface area (TPSA) is 55.0 Å². The Labute approximate surface area is 85.1 Å². The Kier molecular flexibility index (Phi) is 3.83. The summed E-state index contributed by atoms with van der Waals surface area (Å²) >= 11 is 0. The number of rotatable bonds is 4. The summed E-state index contributed by atoms with van der Waals surface area (Å²) in [5.41, 5.74) is 5.78. The summed E-state index contributed by atoms with van der Waals surface area (Å²) < 4.78 is 0. The van der Waals surface area contributed by atoms with E-state index in [0.717, 1.165) is 12.4 Å². The molecule has 0 amide bonds. The zero-order chi connectivity index (χ0) is 10.6. The highest BCUT2D eigenvalue weighted by molar-refractivity contribution is 5.37. The van der Waals surface area contributed by atoms with Crippen LogP contribution in [-0.2, 0) is 0 Å². The molecule has 0 bridgehead atoms. The van der Waals surface area contributed by atoms with Crippen molar-refractivity contribution in [3.8, 4) is 0 Å². The van der Waals surface area contributed by atoms with E-state index >= 15 is 0 Å². The van der Waals surface area contributed by atoms with Crippen LogP contribution in [0.5, 0.6) is 0 Å². The highest BCUT2D eigenvalue weighted by atomic mass is 15.3. The molecule has 1 rings (SSSR count). The van der Waals surface area contributed by atoms with E-state index in [1.807, 2.05) is 19.1 Å². The summed E-state index contributed by atoms with van der Waals surface area (Å²) in [5, 5.41) is 7.94.